The predicted octanol–water partition coefficient (Wildman–Crippen LogP) is 4.29. The van der Waals surface area contributed by atoms with Gasteiger partial charge in [-0.25, -0.2) is 19.2 Å². The number of amides is 5. The van der Waals surface area contributed by atoms with Crippen LogP contribution in [0.15, 0.2) is 11.8 Å². The molecule has 3 rings (SSSR count). The van der Waals surface area contributed by atoms with Gasteiger partial charge in [-0.1, -0.05) is 20.8 Å². The van der Waals surface area contributed by atoms with Gasteiger partial charge in [-0.05, 0) is 140 Å². The van der Waals surface area contributed by atoms with Crippen LogP contribution in [-0.2, 0) is 42.4 Å². The maximum absolute atomic E-state index is 13.9. The highest BCUT2D eigenvalue weighted by atomic mass is 28.4. The molecule has 2 fully saturated rings. The van der Waals surface area contributed by atoms with Crippen LogP contribution in [-0.4, -0.2) is 193 Å². The van der Waals surface area contributed by atoms with Gasteiger partial charge in [-0.2, -0.15) is 0 Å². The quantitative estimate of drug-likeness (QED) is 0.0558. The first-order chi connectivity index (χ1) is 34.0. The number of carbonyl (C=O) groups excluding carboxylic acids is 5. The van der Waals surface area contributed by atoms with Gasteiger partial charge in [0, 0.05) is 25.6 Å². The minimum Gasteiger partial charge on any atom is -0.491 e. The van der Waals surface area contributed by atoms with E-state index in [2.05, 4.69) is 60.4 Å². The first-order valence-corrected chi connectivity index (χ1v) is 28.9. The number of aliphatic hydroxyl groups excluding tert-OH is 3. The molecule has 0 spiro atoms. The van der Waals surface area contributed by atoms with E-state index in [0.717, 1.165) is 4.90 Å². The summed E-state index contributed by atoms with van der Waals surface area (Å²) in [5, 5.41) is 61.9. The fraction of sp³-hybridized carbons (Fsp3) is 0.863. The van der Waals surface area contributed by atoms with Crippen LogP contribution in [0.25, 0.3) is 0 Å². The number of ether oxygens (including phenoxy) is 7. The summed E-state index contributed by atoms with van der Waals surface area (Å²) in [6.07, 6.45) is -11.1. The lowest BCUT2D eigenvalue weighted by molar-refractivity contribution is -0.305. The van der Waals surface area contributed by atoms with E-state index in [1.54, 1.807) is 89.2 Å². The fourth-order valence-corrected chi connectivity index (χ4v) is 9.60. The average Bonchev–Trinajstić information content (AvgIpc) is 3.20. The molecule has 1 saturated carbocycles. The maximum atomic E-state index is 13.9. The second-order valence-corrected chi connectivity index (χ2v) is 30.4. The molecule has 2 aliphatic heterocycles. The van der Waals surface area contributed by atoms with Gasteiger partial charge < -0.3 is 89.5 Å². The molecule has 5 amide bonds. The van der Waals surface area contributed by atoms with Crippen molar-refractivity contribution in [1.29, 1.82) is 0 Å². The van der Waals surface area contributed by atoms with E-state index in [1.807, 2.05) is 0 Å². The highest BCUT2D eigenvalue weighted by Gasteiger charge is 2.57. The minimum absolute atomic E-state index is 0.0442. The van der Waals surface area contributed by atoms with Crippen LogP contribution in [0.4, 0.5) is 19.2 Å². The zero-order chi connectivity index (χ0) is 57.4. The van der Waals surface area contributed by atoms with Crippen LogP contribution in [0, 0.1) is 5.92 Å². The van der Waals surface area contributed by atoms with Gasteiger partial charge >= 0.3 is 24.4 Å². The van der Waals surface area contributed by atoms with Gasteiger partial charge in [-0.15, -0.1) is 0 Å². The monoisotopic (exact) mass is 1090 g/mol. The molecule has 24 heteroatoms. The van der Waals surface area contributed by atoms with Crippen molar-refractivity contribution in [3.63, 3.8) is 0 Å². The van der Waals surface area contributed by atoms with Crippen LogP contribution >= 0.6 is 0 Å². The summed E-state index contributed by atoms with van der Waals surface area (Å²) in [7, 11) is -0.650. The number of carbonyl (C=O) groups is 5. The van der Waals surface area contributed by atoms with Crippen LogP contribution in [0.5, 0.6) is 0 Å². The molecule has 0 aromatic carbocycles. The second kappa shape index (κ2) is 25.6. The van der Waals surface area contributed by atoms with E-state index in [9.17, 15) is 44.4 Å². The molecule has 12 atom stereocenters. The van der Waals surface area contributed by atoms with Crippen LogP contribution in [0.1, 0.15) is 130 Å². The molecule has 1 unspecified atom stereocenters. The lowest BCUT2D eigenvalue weighted by Gasteiger charge is -2.52. The van der Waals surface area contributed by atoms with Crippen LogP contribution in [0.3, 0.4) is 0 Å². The van der Waals surface area contributed by atoms with E-state index in [1.165, 1.54) is 14.0 Å². The second-order valence-electron chi connectivity index (χ2n) is 25.6. The van der Waals surface area contributed by atoms with E-state index in [0.29, 0.717) is 25.3 Å². The van der Waals surface area contributed by atoms with Gasteiger partial charge in [0.2, 0.25) is 0 Å². The summed E-state index contributed by atoms with van der Waals surface area (Å²) in [6.45, 7) is 32.5. The number of alkyl carbamates (subject to hydrolysis) is 3. The molecule has 3 aliphatic rings. The number of nitrogens with one attached hydrogen (secondary N) is 5. The predicted molar refractivity (Wildman–Crippen MR) is 280 cm³/mol. The first kappa shape index (κ1) is 65.3. The summed E-state index contributed by atoms with van der Waals surface area (Å²) >= 11 is 0. The van der Waals surface area contributed by atoms with Crippen molar-refractivity contribution in [3.05, 3.63) is 11.8 Å². The summed E-state index contributed by atoms with van der Waals surface area (Å²) in [5.74, 6) is -1.82. The van der Waals surface area contributed by atoms with Crippen molar-refractivity contribution in [2.45, 2.75) is 237 Å². The highest BCUT2D eigenvalue weighted by Crippen LogP contribution is 2.40. The molecule has 0 aromatic rings. The summed E-state index contributed by atoms with van der Waals surface area (Å²) in [4.78, 5) is 68.2. The molecule has 1 aliphatic carbocycles. The number of hydrogen-bond acceptors (Lipinski definition) is 18. The van der Waals surface area contributed by atoms with E-state index >= 15 is 0 Å². The maximum Gasteiger partial charge on any atom is 0.410 e. The fourth-order valence-electron chi connectivity index (χ4n) is 8.51. The summed E-state index contributed by atoms with van der Waals surface area (Å²) < 4.78 is 47.7. The summed E-state index contributed by atoms with van der Waals surface area (Å²) in [5.41, 5.74) is -5.60. The summed E-state index contributed by atoms with van der Waals surface area (Å²) in [6, 6.07) is -4.84. The Morgan fingerprint density at radius 2 is 1.32 bits per heavy atom. The third-order valence-electron chi connectivity index (χ3n) is 12.9. The molecule has 434 valence electrons. The van der Waals surface area contributed by atoms with Crippen molar-refractivity contribution in [1.82, 2.24) is 31.5 Å². The molecule has 0 radical (unpaired) electrons. The largest absolute Gasteiger partial charge is 0.491 e. The topological polar surface area (TPSA) is 304 Å². The van der Waals surface area contributed by atoms with Crippen molar-refractivity contribution >= 4 is 38.6 Å². The van der Waals surface area contributed by atoms with E-state index in [4.69, 9.17) is 37.6 Å². The molecule has 2 heterocycles. The molecular weight excluding hydrogens is 997 g/mol. The number of likely N-dealkylation sites (N-methyl/N-ethyl adjacent to an activating group) is 1. The smallest absolute Gasteiger partial charge is 0.410 e. The third kappa shape index (κ3) is 20.7. The third-order valence-corrected chi connectivity index (χ3v) is 17.4. The van der Waals surface area contributed by atoms with Crippen molar-refractivity contribution in [3.8, 4) is 0 Å². The standard InChI is InChI=1S/C51H94N6O17Si/c1-46(2,3)71-42(62)53-27-33(58)40(61)54-32-25-31(56-44(64)73-48(7,8)9)34(35(59)38(32)70-41-36(60)39(51(16,66)28-67-41)57(17)45(65)74-49(10,11)12)37-30(55-43(63)72-47(4,5)6)22-21-29(69-37)26-52-23-20-24-68-75(18,19)50(13,14)15/h21,30-39,41,52,58-60,66H,20,22-28H2,1-19H3,(H,53,62)(H,54,61)(H,55,63)(H,56,64)/t30-,31+,32-,33+,34-,35+,36-,37?,38+,39-,41-,51+/m1/s1. The van der Waals surface area contributed by atoms with Crippen molar-refractivity contribution < 1.29 is 82.0 Å². The molecule has 9 N–H and O–H groups in total. The number of hydrogen-bond donors (Lipinski definition) is 9. The molecule has 0 bridgehead atoms. The van der Waals surface area contributed by atoms with Crippen LogP contribution in [0.2, 0.25) is 18.1 Å². The molecule has 0 aromatic heterocycles. The number of nitrogens with zero attached hydrogens (tertiary/aromatic N) is 1. The minimum atomic E-state index is -1.98. The zero-order valence-electron chi connectivity index (χ0n) is 48.1. The van der Waals surface area contributed by atoms with E-state index < -0.39 is 147 Å². The average molecular weight is 1090 g/mol. The Kier molecular flexibility index (Phi) is 22.3. The normalized spacial score (nSPS) is 28.3. The Morgan fingerprint density at radius 3 is 1.85 bits per heavy atom. The van der Waals surface area contributed by atoms with Crippen molar-refractivity contribution in [2.75, 3.05) is 39.9 Å². The van der Waals surface area contributed by atoms with Gasteiger partial charge in [0.25, 0.3) is 5.91 Å². The van der Waals surface area contributed by atoms with Gasteiger partial charge in [0.1, 0.15) is 58.2 Å². The number of aliphatic hydroxyl groups is 4. The molecule has 1 saturated heterocycles. The molecule has 23 nitrogen and oxygen atoms in total. The lowest BCUT2D eigenvalue weighted by Crippen LogP contribution is -2.71. The van der Waals surface area contributed by atoms with Gasteiger partial charge in [0.15, 0.2) is 14.6 Å². The molecule has 75 heavy (non-hydrogen) atoms. The Bertz CT molecular complexity index is 1960. The van der Waals surface area contributed by atoms with Crippen molar-refractivity contribution in [2.24, 2.45) is 5.92 Å². The highest BCUT2D eigenvalue weighted by molar-refractivity contribution is 6.74. The van der Waals surface area contributed by atoms with E-state index in [-0.39, 0.29) is 24.4 Å². The Labute approximate surface area is 445 Å². The zero-order valence-corrected chi connectivity index (χ0v) is 49.1. The number of rotatable bonds is 17. The lowest BCUT2D eigenvalue weighted by atomic mass is 9.72. The first-order valence-electron chi connectivity index (χ1n) is 26.0. The van der Waals surface area contributed by atoms with Gasteiger partial charge in [0.05, 0.1) is 43.9 Å². The molecular formula is C51H94N6O17Si. The Balaban J connectivity index is 2.15. The Morgan fingerprint density at radius 1 is 0.787 bits per heavy atom. The SMILES string of the molecule is CN(C(=O)OC(C)(C)C)[C@@H]1[C@@H](O)[C@@H](O[C@@H]2[C@@H](O)[C@H](C3OC(CNCCCO[Si](C)(C)C(C)(C)C)=CC[C@H]3NC(=O)OC(C)(C)C)[C@@H](NC(=O)OC(C)(C)C)C[C@H]2NC(=O)[C@@H](O)CNC(=O)OC(C)(C)C)OC[C@]1(C)O. The van der Waals surface area contributed by atoms with Crippen LogP contribution < -0.4 is 26.6 Å². The van der Waals surface area contributed by atoms with Gasteiger partial charge in [-0.3, -0.25) is 4.79 Å². The Hall–Kier alpha value is -4.01.